The number of benzene rings is 2. The molecule has 0 fully saturated rings. The number of sulfonamides is 1. The molecule has 0 heterocycles. The average Bonchev–Trinajstić information content (AvgIpc) is 2.72. The Morgan fingerprint density at radius 3 is 2.43 bits per heavy atom. The average molecular weight is 457 g/mol. The van der Waals surface area contributed by atoms with Crippen LogP contribution in [0.1, 0.15) is 5.56 Å². The number of halogens is 1. The monoisotopic (exact) mass is 456 g/mol. The van der Waals surface area contributed by atoms with Crippen molar-refractivity contribution in [2.45, 2.75) is 11.8 Å². The molecule has 0 spiro atoms. The van der Waals surface area contributed by atoms with Crippen molar-refractivity contribution >= 4 is 27.5 Å². The van der Waals surface area contributed by atoms with E-state index in [0.717, 1.165) is 9.87 Å². The summed E-state index contributed by atoms with van der Waals surface area (Å²) < 4.78 is 42.2. The van der Waals surface area contributed by atoms with Gasteiger partial charge in [-0.2, -0.15) is 4.31 Å². The minimum Gasteiger partial charge on any atom is -0.493 e. The molecule has 0 aliphatic rings. The third-order valence-corrected chi connectivity index (χ3v) is 6.47. The quantitative estimate of drug-likeness (QED) is 0.552. The van der Waals surface area contributed by atoms with Crippen LogP contribution < -0.4 is 19.5 Å². The van der Waals surface area contributed by atoms with Crippen molar-refractivity contribution in [3.8, 4) is 17.2 Å². The molecule has 1 N–H and O–H groups in total. The molecule has 0 aromatic heterocycles. The predicted octanol–water partition coefficient (Wildman–Crippen LogP) is 2.48. The number of carbonyl (C=O) groups excluding carboxylic acids is 1. The molecule has 8 nitrogen and oxygen atoms in total. The molecule has 0 saturated heterocycles. The van der Waals surface area contributed by atoms with E-state index in [-0.39, 0.29) is 30.3 Å². The Balaban J connectivity index is 1.89. The summed E-state index contributed by atoms with van der Waals surface area (Å²) in [7, 11) is 0.319. The Morgan fingerprint density at radius 1 is 1.10 bits per heavy atom. The summed E-state index contributed by atoms with van der Waals surface area (Å²) in [4.78, 5) is 12.1. The molecular weight excluding hydrogens is 432 g/mol. The molecule has 0 unspecified atom stereocenters. The maximum atomic E-state index is 12.7. The molecular formula is C20H25ClN2O6S. The fraction of sp³-hybridized carbons (Fsp3) is 0.350. The maximum absolute atomic E-state index is 12.7. The van der Waals surface area contributed by atoms with Gasteiger partial charge in [-0.3, -0.25) is 4.79 Å². The molecule has 0 bridgehead atoms. The Hall–Kier alpha value is -2.49. The van der Waals surface area contributed by atoms with E-state index in [4.69, 9.17) is 25.8 Å². The second-order valence-electron chi connectivity index (χ2n) is 6.39. The molecule has 10 heteroatoms. The van der Waals surface area contributed by atoms with Gasteiger partial charge in [0, 0.05) is 18.1 Å². The zero-order valence-electron chi connectivity index (χ0n) is 17.3. The van der Waals surface area contributed by atoms with Crippen LogP contribution in [0.3, 0.4) is 0 Å². The van der Waals surface area contributed by atoms with E-state index in [2.05, 4.69) is 5.32 Å². The van der Waals surface area contributed by atoms with Gasteiger partial charge in [-0.25, -0.2) is 8.42 Å². The molecule has 2 aromatic carbocycles. The zero-order valence-corrected chi connectivity index (χ0v) is 18.8. The van der Waals surface area contributed by atoms with Gasteiger partial charge in [0.2, 0.25) is 15.9 Å². The van der Waals surface area contributed by atoms with Crippen LogP contribution in [0.15, 0.2) is 41.3 Å². The predicted molar refractivity (Wildman–Crippen MR) is 114 cm³/mol. The number of hydrogen-bond acceptors (Lipinski definition) is 6. The molecule has 0 atom stereocenters. The number of amides is 1. The summed E-state index contributed by atoms with van der Waals surface area (Å²) >= 11 is 6.04. The second-order valence-corrected chi connectivity index (χ2v) is 8.84. The van der Waals surface area contributed by atoms with E-state index in [1.807, 2.05) is 13.0 Å². The van der Waals surface area contributed by atoms with E-state index in [1.165, 1.54) is 39.5 Å². The number of likely N-dealkylation sites (N-methyl/N-ethyl adjacent to an activating group) is 1. The Labute approximate surface area is 181 Å². The van der Waals surface area contributed by atoms with Gasteiger partial charge >= 0.3 is 0 Å². The number of ether oxygens (including phenoxy) is 3. The van der Waals surface area contributed by atoms with Crippen molar-refractivity contribution in [3.05, 3.63) is 47.0 Å². The first-order valence-electron chi connectivity index (χ1n) is 9.03. The summed E-state index contributed by atoms with van der Waals surface area (Å²) in [5.41, 5.74) is 0.941. The normalized spacial score (nSPS) is 11.3. The van der Waals surface area contributed by atoms with Crippen molar-refractivity contribution in [1.29, 1.82) is 0 Å². The second kappa shape index (κ2) is 10.5. The van der Waals surface area contributed by atoms with Crippen molar-refractivity contribution in [2.75, 3.05) is 41.0 Å². The number of methoxy groups -OCH3 is 2. The lowest BCUT2D eigenvalue weighted by atomic mass is 10.2. The standard InChI is InChI=1S/C20H25ClN2O6S/c1-14-5-6-15(11-17(14)21)29-10-9-22-20(24)13-23(2)30(25,26)16-7-8-18(27-3)19(12-16)28-4/h5-8,11-12H,9-10,13H2,1-4H3,(H,22,24). The van der Waals surface area contributed by atoms with Crippen LogP contribution in [0.5, 0.6) is 17.2 Å². The van der Waals surface area contributed by atoms with Crippen LogP contribution in [-0.2, 0) is 14.8 Å². The summed E-state index contributed by atoms with van der Waals surface area (Å²) in [6, 6.07) is 9.56. The fourth-order valence-corrected chi connectivity index (χ4v) is 3.84. The lowest BCUT2D eigenvalue weighted by Gasteiger charge is -2.18. The zero-order chi connectivity index (χ0) is 22.3. The summed E-state index contributed by atoms with van der Waals surface area (Å²) in [5, 5.41) is 3.22. The lowest BCUT2D eigenvalue weighted by Crippen LogP contribution is -2.39. The van der Waals surface area contributed by atoms with Crippen molar-refractivity contribution in [3.63, 3.8) is 0 Å². The number of carbonyl (C=O) groups is 1. The highest BCUT2D eigenvalue weighted by molar-refractivity contribution is 7.89. The number of hydrogen-bond donors (Lipinski definition) is 1. The third-order valence-electron chi connectivity index (χ3n) is 4.27. The summed E-state index contributed by atoms with van der Waals surface area (Å²) in [6.45, 7) is 1.98. The smallest absolute Gasteiger partial charge is 0.243 e. The van der Waals surface area contributed by atoms with Crippen LogP contribution in [0.25, 0.3) is 0 Å². The molecule has 30 heavy (non-hydrogen) atoms. The highest BCUT2D eigenvalue weighted by Crippen LogP contribution is 2.30. The number of rotatable bonds is 10. The Morgan fingerprint density at radius 2 is 1.80 bits per heavy atom. The first kappa shape index (κ1) is 23.8. The number of nitrogens with one attached hydrogen (secondary N) is 1. The molecule has 2 rings (SSSR count). The van der Waals surface area contributed by atoms with E-state index in [9.17, 15) is 13.2 Å². The van der Waals surface area contributed by atoms with Gasteiger partial charge in [0.25, 0.3) is 0 Å². The molecule has 1 amide bonds. The van der Waals surface area contributed by atoms with E-state index >= 15 is 0 Å². The van der Waals surface area contributed by atoms with Crippen molar-refractivity contribution < 1.29 is 27.4 Å². The van der Waals surface area contributed by atoms with Crippen LogP contribution in [0.2, 0.25) is 5.02 Å². The number of nitrogens with zero attached hydrogens (tertiary/aromatic N) is 1. The largest absolute Gasteiger partial charge is 0.493 e. The van der Waals surface area contributed by atoms with Gasteiger partial charge in [-0.15, -0.1) is 0 Å². The first-order valence-corrected chi connectivity index (χ1v) is 10.8. The van der Waals surface area contributed by atoms with Crippen LogP contribution in [-0.4, -0.2) is 59.6 Å². The van der Waals surface area contributed by atoms with Crippen molar-refractivity contribution in [2.24, 2.45) is 0 Å². The van der Waals surface area contributed by atoms with Gasteiger partial charge in [0.15, 0.2) is 11.5 Å². The van der Waals surface area contributed by atoms with Gasteiger partial charge in [0.05, 0.1) is 32.2 Å². The Kier molecular flexibility index (Phi) is 8.33. The van der Waals surface area contributed by atoms with E-state index < -0.39 is 15.9 Å². The topological polar surface area (TPSA) is 94.2 Å². The SMILES string of the molecule is COc1ccc(S(=O)(=O)N(C)CC(=O)NCCOc2ccc(C)c(Cl)c2)cc1OC. The third kappa shape index (κ3) is 6.01. The highest BCUT2D eigenvalue weighted by Gasteiger charge is 2.24. The molecule has 0 aliphatic carbocycles. The van der Waals surface area contributed by atoms with Gasteiger partial charge in [0.1, 0.15) is 12.4 Å². The fourth-order valence-electron chi connectivity index (χ4n) is 2.52. The maximum Gasteiger partial charge on any atom is 0.243 e. The molecule has 2 aromatic rings. The van der Waals surface area contributed by atoms with Gasteiger partial charge in [-0.05, 0) is 36.8 Å². The van der Waals surface area contributed by atoms with E-state index in [1.54, 1.807) is 12.1 Å². The van der Waals surface area contributed by atoms with E-state index in [0.29, 0.717) is 16.5 Å². The van der Waals surface area contributed by atoms with Gasteiger partial charge < -0.3 is 19.5 Å². The lowest BCUT2D eigenvalue weighted by molar-refractivity contribution is -0.121. The van der Waals surface area contributed by atoms with Crippen LogP contribution in [0.4, 0.5) is 0 Å². The van der Waals surface area contributed by atoms with Crippen LogP contribution in [0, 0.1) is 6.92 Å². The van der Waals surface area contributed by atoms with Crippen molar-refractivity contribution in [1.82, 2.24) is 9.62 Å². The molecule has 0 saturated carbocycles. The van der Waals surface area contributed by atoms with Gasteiger partial charge in [-0.1, -0.05) is 17.7 Å². The Bertz CT molecular complexity index is 997. The molecule has 0 radical (unpaired) electrons. The first-order chi connectivity index (χ1) is 14.2. The summed E-state index contributed by atoms with van der Waals surface area (Å²) in [6.07, 6.45) is 0. The summed E-state index contributed by atoms with van der Waals surface area (Å²) in [5.74, 6) is 0.830. The molecule has 0 aliphatic heterocycles. The minimum atomic E-state index is -3.88. The van der Waals surface area contributed by atoms with Crippen LogP contribution >= 0.6 is 11.6 Å². The highest BCUT2D eigenvalue weighted by atomic mass is 35.5. The molecule has 164 valence electrons. The number of aryl methyl sites for hydroxylation is 1. The minimum absolute atomic E-state index is 0.00460.